The van der Waals surface area contributed by atoms with E-state index in [9.17, 15) is 0 Å². The maximum atomic E-state index is 4.77. The highest BCUT2D eigenvalue weighted by molar-refractivity contribution is 5.56. The SMILES string of the molecule is Cc1cc(C)cc(-c2n[n+](-c3ccccc3)c[n+](-c3ccccc3)n2)c1. The fraction of sp³-hybridized carbons (Fsp3) is 0.0909. The van der Waals surface area contributed by atoms with E-state index in [1.807, 2.05) is 76.4 Å². The van der Waals surface area contributed by atoms with Gasteiger partial charge in [-0.1, -0.05) is 53.6 Å². The lowest BCUT2D eigenvalue weighted by Gasteiger charge is -2.01. The Kier molecular flexibility index (Phi) is 4.23. The number of hydrogen-bond donors (Lipinski definition) is 0. The van der Waals surface area contributed by atoms with E-state index >= 15 is 0 Å². The highest BCUT2D eigenvalue weighted by Gasteiger charge is 2.23. The molecule has 0 saturated heterocycles. The molecule has 0 unspecified atom stereocenters. The monoisotopic (exact) mass is 340 g/mol. The standard InChI is InChI=1S/C22H20N4/c1-17-13-18(2)15-19(14-17)22-23-25(20-9-5-3-6-10-20)16-26(24-22)21-11-7-4-8-12-21/h3-16H,1-2H3/q+2. The van der Waals surface area contributed by atoms with Gasteiger partial charge in [0.15, 0.2) is 0 Å². The second-order valence-corrected chi connectivity index (χ2v) is 6.38. The Balaban J connectivity index is 1.93. The van der Waals surface area contributed by atoms with E-state index < -0.39 is 0 Å². The molecule has 0 bridgehead atoms. The molecule has 0 saturated carbocycles. The molecule has 3 aromatic carbocycles. The third-order valence-corrected chi connectivity index (χ3v) is 4.15. The summed E-state index contributed by atoms with van der Waals surface area (Å²) in [5, 5.41) is 9.53. The molecule has 0 aliphatic heterocycles. The van der Waals surface area contributed by atoms with Crippen molar-refractivity contribution in [3.63, 3.8) is 0 Å². The summed E-state index contributed by atoms with van der Waals surface area (Å²) in [5.74, 6) is 0.687. The summed E-state index contributed by atoms with van der Waals surface area (Å²) < 4.78 is 3.74. The molecule has 0 fully saturated rings. The van der Waals surface area contributed by atoms with Crippen LogP contribution in [0.2, 0.25) is 0 Å². The number of hydrogen-bond acceptors (Lipinski definition) is 2. The Morgan fingerprint density at radius 2 is 1.08 bits per heavy atom. The van der Waals surface area contributed by atoms with E-state index in [1.165, 1.54) is 11.1 Å². The molecule has 0 spiro atoms. The third kappa shape index (κ3) is 3.35. The molecule has 26 heavy (non-hydrogen) atoms. The number of benzene rings is 3. The summed E-state index contributed by atoms with van der Waals surface area (Å²) in [4.78, 5) is 0. The fourth-order valence-corrected chi connectivity index (χ4v) is 3.01. The van der Waals surface area contributed by atoms with Gasteiger partial charge in [0.05, 0.1) is 0 Å². The minimum Gasteiger partial charge on any atom is -0.0618 e. The van der Waals surface area contributed by atoms with Crippen LogP contribution >= 0.6 is 0 Å². The molecule has 0 aliphatic rings. The van der Waals surface area contributed by atoms with Crippen LogP contribution in [-0.4, -0.2) is 10.2 Å². The Hall–Kier alpha value is -3.40. The lowest BCUT2D eigenvalue weighted by atomic mass is 10.1. The van der Waals surface area contributed by atoms with Crippen LogP contribution in [0.3, 0.4) is 0 Å². The van der Waals surface area contributed by atoms with Gasteiger partial charge in [0.25, 0.3) is 5.82 Å². The van der Waals surface area contributed by atoms with E-state index in [-0.39, 0.29) is 0 Å². The number of aryl methyl sites for hydroxylation is 2. The molecule has 4 nitrogen and oxygen atoms in total. The minimum absolute atomic E-state index is 0.687. The van der Waals surface area contributed by atoms with Crippen molar-refractivity contribution in [1.29, 1.82) is 0 Å². The van der Waals surface area contributed by atoms with Gasteiger partial charge in [0, 0.05) is 49.4 Å². The smallest absolute Gasteiger partial charge is 0.0618 e. The lowest BCUT2D eigenvalue weighted by molar-refractivity contribution is -0.796. The van der Waals surface area contributed by atoms with Gasteiger partial charge in [-0.3, -0.25) is 0 Å². The van der Waals surface area contributed by atoms with Crippen LogP contribution in [0.15, 0.2) is 85.2 Å². The van der Waals surface area contributed by atoms with Crippen LogP contribution in [0.4, 0.5) is 0 Å². The number of rotatable bonds is 3. The van der Waals surface area contributed by atoms with Gasteiger partial charge in [0.1, 0.15) is 0 Å². The fourth-order valence-electron chi connectivity index (χ4n) is 3.01. The Labute approximate surface area is 153 Å². The van der Waals surface area contributed by atoms with Crippen LogP contribution in [0.25, 0.3) is 22.8 Å². The van der Waals surface area contributed by atoms with Crippen LogP contribution in [0.5, 0.6) is 0 Å². The molecular formula is C22H20N4+2. The van der Waals surface area contributed by atoms with E-state index in [0.29, 0.717) is 5.82 Å². The van der Waals surface area contributed by atoms with Gasteiger partial charge < -0.3 is 0 Å². The molecule has 0 amide bonds. The maximum absolute atomic E-state index is 4.77. The average molecular weight is 340 g/mol. The van der Waals surface area contributed by atoms with E-state index in [2.05, 4.69) is 32.0 Å². The number of nitrogens with zero attached hydrogens (tertiary/aromatic N) is 4. The first-order valence-electron chi connectivity index (χ1n) is 8.61. The molecule has 0 aliphatic carbocycles. The Morgan fingerprint density at radius 3 is 1.54 bits per heavy atom. The van der Waals surface area contributed by atoms with E-state index in [1.54, 1.807) is 0 Å². The van der Waals surface area contributed by atoms with Crippen molar-refractivity contribution in [3.05, 3.63) is 96.3 Å². The highest BCUT2D eigenvalue weighted by atomic mass is 15.4. The summed E-state index contributed by atoms with van der Waals surface area (Å²) in [6.45, 7) is 4.19. The largest absolute Gasteiger partial charge is 0.469 e. The van der Waals surface area contributed by atoms with Gasteiger partial charge in [-0.15, -0.1) is 0 Å². The first kappa shape index (κ1) is 16.1. The first-order valence-corrected chi connectivity index (χ1v) is 8.61. The predicted octanol–water partition coefficient (Wildman–Crippen LogP) is 3.31. The minimum atomic E-state index is 0.687. The molecular weight excluding hydrogens is 320 g/mol. The van der Waals surface area contributed by atoms with Gasteiger partial charge in [-0.2, -0.15) is 0 Å². The summed E-state index contributed by atoms with van der Waals surface area (Å²) in [6.07, 6.45) is 1.90. The molecule has 4 aromatic rings. The van der Waals surface area contributed by atoms with Crippen molar-refractivity contribution in [2.45, 2.75) is 13.8 Å². The summed E-state index contributed by atoms with van der Waals surface area (Å²) in [5.41, 5.74) is 5.39. The third-order valence-electron chi connectivity index (χ3n) is 4.15. The second-order valence-electron chi connectivity index (χ2n) is 6.38. The van der Waals surface area contributed by atoms with Crippen molar-refractivity contribution in [2.24, 2.45) is 0 Å². The van der Waals surface area contributed by atoms with Gasteiger partial charge >= 0.3 is 6.33 Å². The quantitative estimate of drug-likeness (QED) is 0.536. The topological polar surface area (TPSA) is 33.5 Å². The van der Waals surface area contributed by atoms with Crippen molar-refractivity contribution in [3.8, 4) is 22.8 Å². The van der Waals surface area contributed by atoms with Crippen molar-refractivity contribution >= 4 is 0 Å². The van der Waals surface area contributed by atoms with Crippen LogP contribution in [0, 0.1) is 13.8 Å². The van der Waals surface area contributed by atoms with Crippen molar-refractivity contribution < 1.29 is 9.36 Å². The van der Waals surface area contributed by atoms with Crippen molar-refractivity contribution in [1.82, 2.24) is 10.2 Å². The Morgan fingerprint density at radius 1 is 0.615 bits per heavy atom. The lowest BCUT2D eigenvalue weighted by Crippen LogP contribution is -2.49. The number of para-hydroxylation sites is 2. The maximum Gasteiger partial charge on any atom is 0.469 e. The molecule has 0 radical (unpaired) electrons. The molecule has 1 aromatic heterocycles. The zero-order valence-corrected chi connectivity index (χ0v) is 14.9. The van der Waals surface area contributed by atoms with Gasteiger partial charge in [0.2, 0.25) is 11.4 Å². The predicted molar refractivity (Wildman–Crippen MR) is 100 cm³/mol. The second kappa shape index (κ2) is 6.84. The van der Waals surface area contributed by atoms with Crippen LogP contribution in [0.1, 0.15) is 11.1 Å². The average Bonchev–Trinajstić information content (AvgIpc) is 2.68. The normalized spacial score (nSPS) is 10.7. The van der Waals surface area contributed by atoms with Crippen LogP contribution in [-0.2, 0) is 0 Å². The van der Waals surface area contributed by atoms with Gasteiger partial charge in [-0.05, 0) is 26.0 Å². The van der Waals surface area contributed by atoms with E-state index in [4.69, 9.17) is 10.2 Å². The summed E-state index contributed by atoms with van der Waals surface area (Å²) >= 11 is 0. The Bertz CT molecular complexity index is 966. The zero-order valence-electron chi connectivity index (χ0n) is 14.9. The molecule has 4 heteroatoms. The van der Waals surface area contributed by atoms with Gasteiger partial charge in [-0.25, -0.2) is 0 Å². The highest BCUT2D eigenvalue weighted by Crippen LogP contribution is 2.17. The molecule has 126 valence electrons. The number of aromatic nitrogens is 4. The molecule has 0 N–H and O–H groups in total. The van der Waals surface area contributed by atoms with Crippen LogP contribution < -0.4 is 9.36 Å². The van der Waals surface area contributed by atoms with E-state index in [0.717, 1.165) is 16.9 Å². The zero-order chi connectivity index (χ0) is 17.9. The molecule has 1 heterocycles. The molecule has 4 rings (SSSR count). The summed E-state index contributed by atoms with van der Waals surface area (Å²) in [7, 11) is 0. The first-order chi connectivity index (χ1) is 12.7. The van der Waals surface area contributed by atoms with Crippen molar-refractivity contribution in [2.75, 3.05) is 0 Å². The summed E-state index contributed by atoms with van der Waals surface area (Å²) in [6, 6.07) is 26.6. The molecule has 0 atom stereocenters.